The number of Topliss-reactive ketones (excluding diaryl/α,β-unsaturated/α-hetero) is 1. The Labute approximate surface area is 132 Å². The van der Waals surface area contributed by atoms with Gasteiger partial charge in [0.15, 0.2) is 5.78 Å². The number of oxime groups is 1. The standard InChI is InChI=1S/C15H16N4O2S/c1-21-17-10-3-2-5-11(14(20)8-9-16)12-6-4-7-13-15(12)22-19-18-13/h4,6-7,10-11H,2-3,5,8H2,1H3. The second kappa shape index (κ2) is 8.20. The Bertz CT molecular complexity index is 705. The van der Waals surface area contributed by atoms with Crippen LogP contribution in [0.25, 0.3) is 10.2 Å². The normalized spacial score (nSPS) is 12.4. The molecule has 6 nitrogen and oxygen atoms in total. The van der Waals surface area contributed by atoms with Crippen LogP contribution >= 0.6 is 11.5 Å². The van der Waals surface area contributed by atoms with E-state index in [9.17, 15) is 4.79 Å². The molecule has 1 aromatic carbocycles. The van der Waals surface area contributed by atoms with Crippen LogP contribution in [0.5, 0.6) is 0 Å². The number of benzene rings is 1. The summed E-state index contributed by atoms with van der Waals surface area (Å²) in [5, 5.41) is 16.5. The molecule has 2 aromatic rings. The van der Waals surface area contributed by atoms with E-state index in [4.69, 9.17) is 5.26 Å². The summed E-state index contributed by atoms with van der Waals surface area (Å²) in [6.45, 7) is 0. The summed E-state index contributed by atoms with van der Waals surface area (Å²) < 4.78 is 4.87. The van der Waals surface area contributed by atoms with Crippen LogP contribution in [-0.4, -0.2) is 28.7 Å². The third-order valence-corrected chi connectivity index (χ3v) is 4.12. The van der Waals surface area contributed by atoms with Crippen molar-refractivity contribution in [1.29, 1.82) is 5.26 Å². The first-order valence-corrected chi connectivity index (χ1v) is 7.71. The Morgan fingerprint density at radius 1 is 1.59 bits per heavy atom. The lowest BCUT2D eigenvalue weighted by Crippen LogP contribution is -2.12. The van der Waals surface area contributed by atoms with Crippen molar-refractivity contribution < 1.29 is 9.63 Å². The van der Waals surface area contributed by atoms with Crippen LogP contribution in [-0.2, 0) is 9.63 Å². The molecular formula is C15H16N4O2S. The van der Waals surface area contributed by atoms with Gasteiger partial charge < -0.3 is 4.84 Å². The van der Waals surface area contributed by atoms with Crippen molar-refractivity contribution in [3.63, 3.8) is 0 Å². The third-order valence-electron chi connectivity index (χ3n) is 3.33. The highest BCUT2D eigenvalue weighted by Gasteiger charge is 2.22. The van der Waals surface area contributed by atoms with Gasteiger partial charge in [-0.25, -0.2) is 0 Å². The molecule has 0 spiro atoms. The predicted octanol–water partition coefficient (Wildman–Crippen LogP) is 3.06. The van der Waals surface area contributed by atoms with Gasteiger partial charge in [0.2, 0.25) is 0 Å². The number of hydrogen-bond acceptors (Lipinski definition) is 7. The smallest absolute Gasteiger partial charge is 0.154 e. The van der Waals surface area contributed by atoms with E-state index in [2.05, 4.69) is 19.6 Å². The number of ketones is 1. The van der Waals surface area contributed by atoms with E-state index in [0.717, 1.165) is 28.6 Å². The molecule has 0 N–H and O–H groups in total. The van der Waals surface area contributed by atoms with Crippen LogP contribution in [0.4, 0.5) is 0 Å². The Morgan fingerprint density at radius 2 is 2.45 bits per heavy atom. The Balaban J connectivity index is 2.20. The molecule has 0 aliphatic rings. The summed E-state index contributed by atoms with van der Waals surface area (Å²) in [6, 6.07) is 7.62. The molecule has 1 atom stereocenters. The summed E-state index contributed by atoms with van der Waals surface area (Å²) in [6.07, 6.45) is 3.77. The Hall–Kier alpha value is -2.33. The molecule has 7 heteroatoms. The van der Waals surface area contributed by atoms with E-state index in [1.165, 1.54) is 18.6 Å². The highest BCUT2D eigenvalue weighted by Crippen LogP contribution is 2.31. The van der Waals surface area contributed by atoms with E-state index in [-0.39, 0.29) is 18.1 Å². The largest absolute Gasteiger partial charge is 0.399 e. The topological polar surface area (TPSA) is 88.2 Å². The summed E-state index contributed by atoms with van der Waals surface area (Å²) >= 11 is 1.28. The van der Waals surface area contributed by atoms with E-state index in [1.54, 1.807) is 6.21 Å². The molecular weight excluding hydrogens is 300 g/mol. The second-order valence-electron chi connectivity index (χ2n) is 4.72. The van der Waals surface area contributed by atoms with Gasteiger partial charge in [-0.3, -0.25) is 4.79 Å². The van der Waals surface area contributed by atoms with Crippen molar-refractivity contribution in [2.24, 2.45) is 5.16 Å². The molecule has 0 fully saturated rings. The first-order chi connectivity index (χ1) is 10.8. The van der Waals surface area contributed by atoms with Gasteiger partial charge in [-0.1, -0.05) is 21.8 Å². The molecule has 0 aliphatic carbocycles. The zero-order chi connectivity index (χ0) is 15.8. The molecule has 1 unspecified atom stereocenters. The predicted molar refractivity (Wildman–Crippen MR) is 84.7 cm³/mol. The van der Waals surface area contributed by atoms with Crippen molar-refractivity contribution >= 4 is 33.7 Å². The van der Waals surface area contributed by atoms with Crippen LogP contribution in [0.15, 0.2) is 23.4 Å². The van der Waals surface area contributed by atoms with E-state index in [0.29, 0.717) is 6.42 Å². The van der Waals surface area contributed by atoms with Gasteiger partial charge in [0.05, 0.1) is 17.2 Å². The van der Waals surface area contributed by atoms with Gasteiger partial charge in [-0.2, -0.15) is 5.26 Å². The van der Waals surface area contributed by atoms with Crippen LogP contribution in [0.2, 0.25) is 0 Å². The lowest BCUT2D eigenvalue weighted by atomic mass is 9.88. The average molecular weight is 316 g/mol. The van der Waals surface area contributed by atoms with Crippen LogP contribution < -0.4 is 0 Å². The first-order valence-electron chi connectivity index (χ1n) is 6.93. The number of carbonyl (C=O) groups is 1. The molecule has 22 heavy (non-hydrogen) atoms. The van der Waals surface area contributed by atoms with Gasteiger partial charge >= 0.3 is 0 Å². The highest BCUT2D eigenvalue weighted by molar-refractivity contribution is 7.13. The van der Waals surface area contributed by atoms with E-state index >= 15 is 0 Å². The van der Waals surface area contributed by atoms with Gasteiger partial charge in [-0.05, 0) is 42.4 Å². The lowest BCUT2D eigenvalue weighted by Gasteiger charge is -2.15. The maximum atomic E-state index is 12.3. The summed E-state index contributed by atoms with van der Waals surface area (Å²) in [5.41, 5.74) is 1.70. The van der Waals surface area contributed by atoms with Gasteiger partial charge in [0, 0.05) is 12.1 Å². The minimum atomic E-state index is -0.304. The quantitative estimate of drug-likeness (QED) is 0.424. The van der Waals surface area contributed by atoms with Crippen molar-refractivity contribution in [3.05, 3.63) is 23.8 Å². The van der Waals surface area contributed by atoms with Gasteiger partial charge in [-0.15, -0.1) is 5.10 Å². The Kier molecular flexibility index (Phi) is 5.98. The van der Waals surface area contributed by atoms with Crippen molar-refractivity contribution in [3.8, 4) is 6.07 Å². The molecule has 0 saturated carbocycles. The number of fused-ring (bicyclic) bond motifs is 1. The minimum Gasteiger partial charge on any atom is -0.399 e. The van der Waals surface area contributed by atoms with Gasteiger partial charge in [0.1, 0.15) is 12.6 Å². The second-order valence-corrected chi connectivity index (χ2v) is 5.48. The molecule has 1 aromatic heterocycles. The molecule has 0 radical (unpaired) electrons. The highest BCUT2D eigenvalue weighted by atomic mass is 32.1. The number of carbonyl (C=O) groups excluding carboxylic acids is 1. The zero-order valence-corrected chi connectivity index (χ0v) is 13.0. The van der Waals surface area contributed by atoms with Gasteiger partial charge in [0.25, 0.3) is 0 Å². The Morgan fingerprint density at radius 3 is 3.23 bits per heavy atom. The number of nitriles is 1. The molecule has 1 heterocycles. The summed E-state index contributed by atoms with van der Waals surface area (Å²) in [5.74, 6) is -0.367. The number of nitrogens with zero attached hydrogens (tertiary/aromatic N) is 4. The van der Waals surface area contributed by atoms with Crippen molar-refractivity contribution in [2.75, 3.05) is 7.11 Å². The number of unbranched alkanes of at least 4 members (excludes halogenated alkanes) is 1. The number of hydrogen-bond donors (Lipinski definition) is 0. The monoisotopic (exact) mass is 316 g/mol. The summed E-state index contributed by atoms with van der Waals surface area (Å²) in [7, 11) is 1.49. The zero-order valence-electron chi connectivity index (χ0n) is 12.2. The SMILES string of the molecule is CON=CCCCC(C(=O)CC#N)c1cccc2nnsc12. The van der Waals surface area contributed by atoms with Crippen LogP contribution in [0, 0.1) is 11.3 Å². The van der Waals surface area contributed by atoms with Crippen molar-refractivity contribution in [2.45, 2.75) is 31.6 Å². The molecule has 0 bridgehead atoms. The molecule has 0 amide bonds. The molecule has 0 saturated heterocycles. The van der Waals surface area contributed by atoms with Crippen molar-refractivity contribution in [1.82, 2.24) is 9.59 Å². The van der Waals surface area contributed by atoms with Crippen LogP contribution in [0.3, 0.4) is 0 Å². The average Bonchev–Trinajstić information content (AvgIpc) is 3.00. The first kappa shape index (κ1) is 16.0. The van der Waals surface area contributed by atoms with E-state index in [1.807, 2.05) is 24.3 Å². The fraction of sp³-hybridized carbons (Fsp3) is 0.400. The van der Waals surface area contributed by atoms with E-state index < -0.39 is 0 Å². The maximum Gasteiger partial charge on any atom is 0.154 e. The fourth-order valence-corrected chi connectivity index (χ4v) is 3.06. The number of rotatable bonds is 8. The number of aromatic nitrogens is 2. The molecule has 0 aliphatic heterocycles. The molecule has 114 valence electrons. The fourth-order valence-electron chi connectivity index (χ4n) is 2.33. The molecule has 2 rings (SSSR count). The minimum absolute atomic E-state index is 0.0629. The lowest BCUT2D eigenvalue weighted by molar-refractivity contribution is -0.119. The van der Waals surface area contributed by atoms with Crippen LogP contribution in [0.1, 0.15) is 37.2 Å². The third kappa shape index (κ3) is 3.86. The maximum absolute atomic E-state index is 12.3. The summed E-state index contributed by atoms with van der Waals surface area (Å²) in [4.78, 5) is 16.9.